The first-order valence-corrected chi connectivity index (χ1v) is 9.85. The quantitative estimate of drug-likeness (QED) is 0.389. The van der Waals surface area contributed by atoms with E-state index in [0.29, 0.717) is 11.3 Å². The van der Waals surface area contributed by atoms with E-state index in [9.17, 15) is 4.79 Å². The van der Waals surface area contributed by atoms with Gasteiger partial charge in [0.1, 0.15) is 5.52 Å². The van der Waals surface area contributed by atoms with Crippen molar-refractivity contribution < 1.29 is 9.53 Å². The maximum atomic E-state index is 12.5. The van der Waals surface area contributed by atoms with Gasteiger partial charge in [-0.2, -0.15) is 0 Å². The first kappa shape index (κ1) is 17.9. The standard InChI is InChI=1S/C21H14Br2N2O2/c22-16-11-17(23)21(20-15(16)8-4-10-24-20)27-12-19(26)25-18-9-3-6-13-5-1-2-7-14(13)18/h1-11H,12H2,(H,25,26). The lowest BCUT2D eigenvalue weighted by molar-refractivity contribution is -0.118. The number of anilines is 1. The summed E-state index contributed by atoms with van der Waals surface area (Å²) in [6, 6.07) is 19.4. The molecular weight excluding hydrogens is 472 g/mol. The molecule has 4 nitrogen and oxygen atoms in total. The number of pyridine rings is 1. The average Bonchev–Trinajstić information content (AvgIpc) is 2.68. The van der Waals surface area contributed by atoms with Crippen molar-refractivity contribution in [2.45, 2.75) is 0 Å². The fourth-order valence-electron chi connectivity index (χ4n) is 2.94. The Labute approximate surface area is 172 Å². The molecule has 0 aliphatic rings. The maximum Gasteiger partial charge on any atom is 0.262 e. The average molecular weight is 486 g/mol. The normalized spacial score (nSPS) is 10.9. The summed E-state index contributed by atoms with van der Waals surface area (Å²) in [5.41, 5.74) is 1.45. The predicted molar refractivity (Wildman–Crippen MR) is 115 cm³/mol. The molecule has 27 heavy (non-hydrogen) atoms. The third kappa shape index (κ3) is 3.68. The lowest BCUT2D eigenvalue weighted by Crippen LogP contribution is -2.20. The Balaban J connectivity index is 1.56. The summed E-state index contributed by atoms with van der Waals surface area (Å²) in [6.45, 7) is -0.116. The van der Waals surface area contributed by atoms with Crippen LogP contribution in [0, 0.1) is 0 Å². The Kier molecular flexibility index (Phi) is 5.09. The molecule has 0 atom stereocenters. The molecule has 0 spiro atoms. The molecule has 1 heterocycles. The van der Waals surface area contributed by atoms with E-state index in [1.165, 1.54) is 0 Å². The first-order chi connectivity index (χ1) is 13.1. The zero-order valence-electron chi connectivity index (χ0n) is 14.1. The van der Waals surface area contributed by atoms with Crippen molar-refractivity contribution in [1.29, 1.82) is 0 Å². The molecule has 0 saturated heterocycles. The van der Waals surface area contributed by atoms with Crippen LogP contribution in [0.3, 0.4) is 0 Å². The van der Waals surface area contributed by atoms with Gasteiger partial charge in [0.25, 0.3) is 5.91 Å². The van der Waals surface area contributed by atoms with Crippen LogP contribution >= 0.6 is 31.9 Å². The van der Waals surface area contributed by atoms with Crippen LogP contribution in [-0.2, 0) is 4.79 Å². The molecule has 0 bridgehead atoms. The number of rotatable bonds is 4. The summed E-state index contributed by atoms with van der Waals surface area (Å²) < 4.78 is 7.45. The van der Waals surface area contributed by atoms with Gasteiger partial charge in [0.05, 0.1) is 4.47 Å². The number of nitrogens with zero attached hydrogens (tertiary/aromatic N) is 1. The van der Waals surface area contributed by atoms with Crippen LogP contribution in [0.5, 0.6) is 5.75 Å². The Bertz CT molecular complexity index is 1160. The van der Waals surface area contributed by atoms with Gasteiger partial charge in [-0.1, -0.05) is 58.4 Å². The second-order valence-corrected chi connectivity index (χ2v) is 7.64. The highest BCUT2D eigenvalue weighted by atomic mass is 79.9. The summed E-state index contributed by atoms with van der Waals surface area (Å²) in [4.78, 5) is 16.9. The molecule has 4 aromatic rings. The maximum absolute atomic E-state index is 12.5. The fourth-order valence-corrected chi connectivity index (χ4v) is 4.33. The Morgan fingerprint density at radius 3 is 2.63 bits per heavy atom. The number of fused-ring (bicyclic) bond motifs is 2. The molecule has 134 valence electrons. The molecule has 4 rings (SSSR count). The van der Waals surface area contributed by atoms with Gasteiger partial charge in [0.2, 0.25) is 0 Å². The Hall–Kier alpha value is -2.44. The number of benzene rings is 3. The summed E-state index contributed by atoms with van der Waals surface area (Å²) in [6.07, 6.45) is 1.70. The third-order valence-electron chi connectivity index (χ3n) is 4.16. The van der Waals surface area contributed by atoms with Crippen molar-refractivity contribution in [2.75, 3.05) is 11.9 Å². The van der Waals surface area contributed by atoms with Gasteiger partial charge in [-0.3, -0.25) is 9.78 Å². The van der Waals surface area contributed by atoms with E-state index in [0.717, 1.165) is 30.8 Å². The predicted octanol–water partition coefficient (Wildman–Crippen LogP) is 5.93. The summed E-state index contributed by atoms with van der Waals surface area (Å²) in [5, 5.41) is 5.91. The second kappa shape index (κ2) is 7.66. The van der Waals surface area contributed by atoms with Crippen LogP contribution < -0.4 is 10.1 Å². The highest BCUT2D eigenvalue weighted by molar-refractivity contribution is 9.11. The van der Waals surface area contributed by atoms with Crippen LogP contribution in [0.4, 0.5) is 5.69 Å². The van der Waals surface area contributed by atoms with Gasteiger partial charge in [0, 0.05) is 27.1 Å². The summed E-state index contributed by atoms with van der Waals surface area (Å²) in [5.74, 6) is 0.312. The SMILES string of the molecule is O=C(COc1c(Br)cc(Br)c2cccnc12)Nc1cccc2ccccc12. The molecule has 0 saturated carbocycles. The molecule has 1 amide bonds. The number of ether oxygens (including phenoxy) is 1. The van der Waals surface area contributed by atoms with Crippen LogP contribution in [0.15, 0.2) is 75.8 Å². The van der Waals surface area contributed by atoms with Crippen LogP contribution in [-0.4, -0.2) is 17.5 Å². The molecule has 0 unspecified atom stereocenters. The summed E-state index contributed by atoms with van der Waals surface area (Å²) in [7, 11) is 0. The van der Waals surface area contributed by atoms with Gasteiger partial charge in [-0.15, -0.1) is 0 Å². The first-order valence-electron chi connectivity index (χ1n) is 8.26. The monoisotopic (exact) mass is 484 g/mol. The number of halogens is 2. The van der Waals surface area contributed by atoms with Crippen molar-refractivity contribution in [3.05, 3.63) is 75.8 Å². The Morgan fingerprint density at radius 1 is 0.963 bits per heavy atom. The molecule has 0 aliphatic carbocycles. The second-order valence-electron chi connectivity index (χ2n) is 5.93. The molecule has 3 aromatic carbocycles. The van der Waals surface area contributed by atoms with Gasteiger partial charge >= 0.3 is 0 Å². The largest absolute Gasteiger partial charge is 0.480 e. The molecule has 1 aromatic heterocycles. The van der Waals surface area contributed by atoms with Gasteiger partial charge in [-0.25, -0.2) is 0 Å². The molecule has 0 fully saturated rings. The number of carbonyl (C=O) groups is 1. The molecule has 0 aliphatic heterocycles. The van der Waals surface area contributed by atoms with Crippen molar-refractivity contribution in [1.82, 2.24) is 4.98 Å². The molecular formula is C21H14Br2N2O2. The van der Waals surface area contributed by atoms with Gasteiger partial charge in [-0.05, 0) is 39.5 Å². The van der Waals surface area contributed by atoms with Crippen LogP contribution in [0.25, 0.3) is 21.7 Å². The van der Waals surface area contributed by atoms with Crippen molar-refractivity contribution >= 4 is 65.1 Å². The van der Waals surface area contributed by atoms with Gasteiger partial charge < -0.3 is 10.1 Å². The highest BCUT2D eigenvalue weighted by Gasteiger charge is 2.14. The lowest BCUT2D eigenvalue weighted by atomic mass is 10.1. The lowest BCUT2D eigenvalue weighted by Gasteiger charge is -2.13. The number of hydrogen-bond acceptors (Lipinski definition) is 3. The van der Waals surface area contributed by atoms with E-state index < -0.39 is 0 Å². The van der Waals surface area contributed by atoms with Crippen molar-refractivity contribution in [3.8, 4) is 5.75 Å². The van der Waals surface area contributed by atoms with E-state index in [2.05, 4.69) is 42.2 Å². The molecule has 1 N–H and O–H groups in total. The number of amides is 1. The highest BCUT2D eigenvalue weighted by Crippen LogP contribution is 2.37. The number of hydrogen-bond donors (Lipinski definition) is 1. The van der Waals surface area contributed by atoms with Crippen LogP contribution in [0.1, 0.15) is 0 Å². The minimum Gasteiger partial charge on any atom is -0.480 e. The minimum absolute atomic E-state index is 0.116. The Morgan fingerprint density at radius 2 is 1.74 bits per heavy atom. The smallest absolute Gasteiger partial charge is 0.262 e. The van der Waals surface area contributed by atoms with Crippen molar-refractivity contribution in [2.24, 2.45) is 0 Å². The topological polar surface area (TPSA) is 51.2 Å². The number of nitrogens with one attached hydrogen (secondary N) is 1. The van der Waals surface area contributed by atoms with Crippen LogP contribution in [0.2, 0.25) is 0 Å². The third-order valence-corrected chi connectivity index (χ3v) is 5.41. The van der Waals surface area contributed by atoms with E-state index in [4.69, 9.17) is 4.74 Å². The minimum atomic E-state index is -0.231. The van der Waals surface area contributed by atoms with E-state index >= 15 is 0 Å². The van der Waals surface area contributed by atoms with E-state index in [1.807, 2.05) is 60.7 Å². The molecule has 0 radical (unpaired) electrons. The zero-order chi connectivity index (χ0) is 18.8. The zero-order valence-corrected chi connectivity index (χ0v) is 17.2. The van der Waals surface area contributed by atoms with E-state index in [-0.39, 0.29) is 12.5 Å². The fraction of sp³-hybridized carbons (Fsp3) is 0.0476. The van der Waals surface area contributed by atoms with E-state index in [1.54, 1.807) is 6.20 Å². The number of aromatic nitrogens is 1. The number of carbonyl (C=O) groups excluding carboxylic acids is 1. The van der Waals surface area contributed by atoms with Crippen molar-refractivity contribution in [3.63, 3.8) is 0 Å². The summed E-state index contributed by atoms with van der Waals surface area (Å²) >= 11 is 7.02. The van der Waals surface area contributed by atoms with Gasteiger partial charge in [0.15, 0.2) is 12.4 Å². The molecule has 6 heteroatoms.